The van der Waals surface area contributed by atoms with Crippen molar-refractivity contribution in [1.82, 2.24) is 19.3 Å². The monoisotopic (exact) mass is 443 g/mol. The summed E-state index contributed by atoms with van der Waals surface area (Å²) >= 11 is 12.6. The maximum Gasteiger partial charge on any atom is 0.244 e. The van der Waals surface area contributed by atoms with Crippen molar-refractivity contribution in [3.05, 3.63) is 64.9 Å². The van der Waals surface area contributed by atoms with Crippen LogP contribution in [0.25, 0.3) is 22.4 Å². The number of para-hydroxylation sites is 2. The van der Waals surface area contributed by atoms with Crippen LogP contribution in [0, 0.1) is 0 Å². The zero-order valence-electron chi connectivity index (χ0n) is 16.2. The third-order valence-corrected chi connectivity index (χ3v) is 5.41. The predicted octanol–water partition coefficient (Wildman–Crippen LogP) is 4.49. The Hall–Kier alpha value is -2.87. The molecule has 2 heterocycles. The number of fused-ring (bicyclic) bond motifs is 1. The molecule has 4 rings (SSSR count). The van der Waals surface area contributed by atoms with Crippen LogP contribution in [0.1, 0.15) is 0 Å². The Morgan fingerprint density at radius 1 is 1.17 bits per heavy atom. The number of ether oxygens (including phenoxy) is 1. The molecular formula is C21H19Cl2N5O2. The molecule has 2 aromatic heterocycles. The number of aromatic nitrogens is 4. The molecule has 0 aliphatic heterocycles. The van der Waals surface area contributed by atoms with Crippen molar-refractivity contribution in [3.8, 4) is 11.4 Å². The molecule has 4 aromatic rings. The zero-order valence-corrected chi connectivity index (χ0v) is 17.7. The smallest absolute Gasteiger partial charge is 0.244 e. The molecule has 154 valence electrons. The van der Waals surface area contributed by atoms with Crippen LogP contribution in [0.3, 0.4) is 0 Å². The molecule has 2 aromatic carbocycles. The number of benzene rings is 2. The van der Waals surface area contributed by atoms with Gasteiger partial charge in [0.2, 0.25) is 5.91 Å². The minimum Gasteiger partial charge on any atom is -0.383 e. The standard InChI is InChI=1S/C21H19Cl2N5O2/c1-30-10-9-27-12-14(11-24-27)25-19(29)13-28-18-8-3-2-7-17(18)26-21(28)15-5-4-6-16(22)20(15)23/h2-8,11-12H,9-10,13H2,1H3,(H,25,29). The van der Waals surface area contributed by atoms with Crippen LogP contribution in [-0.4, -0.2) is 39.0 Å². The highest BCUT2D eigenvalue weighted by Crippen LogP contribution is 2.34. The van der Waals surface area contributed by atoms with Gasteiger partial charge in [0.25, 0.3) is 0 Å². The summed E-state index contributed by atoms with van der Waals surface area (Å²) in [7, 11) is 1.63. The predicted molar refractivity (Wildman–Crippen MR) is 118 cm³/mol. The Morgan fingerprint density at radius 2 is 2.00 bits per heavy atom. The van der Waals surface area contributed by atoms with Gasteiger partial charge in [0.15, 0.2) is 0 Å². The van der Waals surface area contributed by atoms with Gasteiger partial charge in [0, 0.05) is 18.9 Å². The minimum atomic E-state index is -0.205. The summed E-state index contributed by atoms with van der Waals surface area (Å²) in [6.07, 6.45) is 3.37. The van der Waals surface area contributed by atoms with E-state index in [1.165, 1.54) is 0 Å². The van der Waals surface area contributed by atoms with Crippen molar-refractivity contribution in [2.75, 3.05) is 19.0 Å². The SMILES string of the molecule is COCCn1cc(NC(=O)Cn2c(-c3cccc(Cl)c3Cl)nc3ccccc32)cn1. The second-order valence-corrected chi connectivity index (χ2v) is 7.43. The van der Waals surface area contributed by atoms with Crippen molar-refractivity contribution in [3.63, 3.8) is 0 Å². The van der Waals surface area contributed by atoms with Crippen LogP contribution in [0.2, 0.25) is 10.0 Å². The number of rotatable bonds is 7. The van der Waals surface area contributed by atoms with E-state index in [0.717, 1.165) is 11.0 Å². The molecule has 7 nitrogen and oxygen atoms in total. The van der Waals surface area contributed by atoms with Crippen molar-refractivity contribution in [1.29, 1.82) is 0 Å². The highest BCUT2D eigenvalue weighted by Gasteiger charge is 2.18. The molecule has 0 spiro atoms. The molecule has 0 fully saturated rings. The number of carbonyl (C=O) groups excluding carboxylic acids is 1. The highest BCUT2D eigenvalue weighted by molar-refractivity contribution is 6.43. The third-order valence-electron chi connectivity index (χ3n) is 4.59. The Bertz CT molecular complexity index is 1200. The number of halogens is 2. The third kappa shape index (κ3) is 4.18. The highest BCUT2D eigenvalue weighted by atomic mass is 35.5. The summed E-state index contributed by atoms with van der Waals surface area (Å²) in [6.45, 7) is 1.21. The molecule has 0 radical (unpaired) electrons. The van der Waals surface area contributed by atoms with Crippen LogP contribution in [0.5, 0.6) is 0 Å². The fraction of sp³-hybridized carbons (Fsp3) is 0.190. The molecule has 0 aliphatic carbocycles. The summed E-state index contributed by atoms with van der Waals surface area (Å²) < 4.78 is 8.58. The van der Waals surface area contributed by atoms with Gasteiger partial charge < -0.3 is 14.6 Å². The maximum atomic E-state index is 12.8. The lowest BCUT2D eigenvalue weighted by atomic mass is 10.2. The van der Waals surface area contributed by atoms with E-state index in [0.29, 0.717) is 40.3 Å². The van der Waals surface area contributed by atoms with E-state index >= 15 is 0 Å². The Balaban J connectivity index is 1.64. The first-order chi connectivity index (χ1) is 14.6. The van der Waals surface area contributed by atoms with Gasteiger partial charge >= 0.3 is 0 Å². The van der Waals surface area contributed by atoms with Crippen LogP contribution in [0.15, 0.2) is 54.9 Å². The van der Waals surface area contributed by atoms with Gasteiger partial charge in [-0.25, -0.2) is 4.98 Å². The molecule has 0 bridgehead atoms. The van der Waals surface area contributed by atoms with Crippen molar-refractivity contribution < 1.29 is 9.53 Å². The number of anilines is 1. The first-order valence-electron chi connectivity index (χ1n) is 9.27. The summed E-state index contributed by atoms with van der Waals surface area (Å²) in [5, 5.41) is 7.92. The number of hydrogen-bond acceptors (Lipinski definition) is 4. The average Bonchev–Trinajstić information content (AvgIpc) is 3.33. The lowest BCUT2D eigenvalue weighted by Gasteiger charge is -2.11. The topological polar surface area (TPSA) is 74.0 Å². The molecule has 30 heavy (non-hydrogen) atoms. The van der Waals surface area contributed by atoms with Crippen LogP contribution in [0.4, 0.5) is 5.69 Å². The number of nitrogens with zero attached hydrogens (tertiary/aromatic N) is 4. The Morgan fingerprint density at radius 3 is 2.83 bits per heavy atom. The maximum absolute atomic E-state index is 12.8. The first-order valence-corrected chi connectivity index (χ1v) is 10.0. The fourth-order valence-corrected chi connectivity index (χ4v) is 3.58. The quantitative estimate of drug-likeness (QED) is 0.456. The lowest BCUT2D eigenvalue weighted by molar-refractivity contribution is -0.116. The summed E-state index contributed by atoms with van der Waals surface area (Å²) in [6, 6.07) is 13.0. The molecule has 1 amide bonds. The fourth-order valence-electron chi connectivity index (χ4n) is 3.20. The Kier molecular flexibility index (Phi) is 6.03. The normalized spacial score (nSPS) is 11.2. The number of imidazole rings is 1. The molecule has 9 heteroatoms. The number of methoxy groups -OCH3 is 1. The van der Waals surface area contributed by atoms with Crippen LogP contribution in [-0.2, 0) is 22.6 Å². The van der Waals surface area contributed by atoms with Gasteiger partial charge in [-0.3, -0.25) is 9.48 Å². The number of nitrogens with one attached hydrogen (secondary N) is 1. The average molecular weight is 444 g/mol. The van der Waals surface area contributed by atoms with Gasteiger partial charge in [-0.1, -0.05) is 41.4 Å². The lowest BCUT2D eigenvalue weighted by Crippen LogP contribution is -2.19. The molecule has 0 aliphatic rings. The van der Waals surface area contributed by atoms with Gasteiger partial charge in [0.1, 0.15) is 12.4 Å². The van der Waals surface area contributed by atoms with E-state index in [2.05, 4.69) is 10.4 Å². The van der Waals surface area contributed by atoms with Gasteiger partial charge in [0.05, 0.1) is 46.1 Å². The number of hydrogen-bond donors (Lipinski definition) is 1. The van der Waals surface area contributed by atoms with E-state index in [1.807, 2.05) is 41.0 Å². The largest absolute Gasteiger partial charge is 0.383 e. The second kappa shape index (κ2) is 8.87. The molecule has 0 unspecified atom stereocenters. The number of amides is 1. The van der Waals surface area contributed by atoms with Crippen molar-refractivity contribution in [2.45, 2.75) is 13.1 Å². The second-order valence-electron chi connectivity index (χ2n) is 6.64. The molecule has 0 saturated heterocycles. The van der Waals surface area contributed by atoms with Gasteiger partial charge in [-0.2, -0.15) is 5.10 Å². The van der Waals surface area contributed by atoms with Crippen LogP contribution >= 0.6 is 23.2 Å². The molecule has 1 N–H and O–H groups in total. The summed E-state index contributed by atoms with van der Waals surface area (Å²) in [5.41, 5.74) is 2.88. The van der Waals surface area contributed by atoms with Crippen LogP contribution < -0.4 is 5.32 Å². The summed E-state index contributed by atoms with van der Waals surface area (Å²) in [4.78, 5) is 17.5. The summed E-state index contributed by atoms with van der Waals surface area (Å²) in [5.74, 6) is 0.374. The molecule has 0 atom stereocenters. The van der Waals surface area contributed by atoms with Crippen molar-refractivity contribution >= 4 is 45.8 Å². The van der Waals surface area contributed by atoms with E-state index in [4.69, 9.17) is 32.9 Å². The first kappa shape index (κ1) is 20.4. The molecule has 0 saturated carbocycles. The van der Waals surface area contributed by atoms with E-state index < -0.39 is 0 Å². The zero-order chi connectivity index (χ0) is 21.1. The van der Waals surface area contributed by atoms with E-state index in [-0.39, 0.29) is 12.5 Å². The van der Waals surface area contributed by atoms with Gasteiger partial charge in [-0.05, 0) is 24.3 Å². The van der Waals surface area contributed by atoms with Crippen molar-refractivity contribution in [2.24, 2.45) is 0 Å². The molecular weight excluding hydrogens is 425 g/mol. The van der Waals surface area contributed by atoms with E-state index in [9.17, 15) is 4.79 Å². The van der Waals surface area contributed by atoms with E-state index in [1.54, 1.807) is 30.3 Å². The minimum absolute atomic E-state index is 0.0575. The Labute approximate surface area is 183 Å². The number of carbonyl (C=O) groups is 1. The van der Waals surface area contributed by atoms with Gasteiger partial charge in [-0.15, -0.1) is 0 Å².